The molecule has 2 N–H and O–H groups in total. The van der Waals surface area contributed by atoms with Crippen molar-refractivity contribution in [3.05, 3.63) is 29.8 Å². The van der Waals surface area contributed by atoms with E-state index in [1.165, 1.54) is 6.07 Å². The molecule has 0 fully saturated rings. The van der Waals surface area contributed by atoms with Gasteiger partial charge in [0.15, 0.2) is 6.23 Å². The van der Waals surface area contributed by atoms with E-state index in [1.807, 2.05) is 6.07 Å². The van der Waals surface area contributed by atoms with Crippen molar-refractivity contribution in [1.82, 2.24) is 5.32 Å². The van der Waals surface area contributed by atoms with Crippen LogP contribution in [-0.4, -0.2) is 29.0 Å². The maximum Gasteiger partial charge on any atom is 0.410 e. The number of benzene rings is 1. The summed E-state index contributed by atoms with van der Waals surface area (Å²) in [6.45, 7) is 5.16. The normalized spacial score (nSPS) is 11.9. The number of carbonyl (C=O) groups is 2. The number of ether oxygens (including phenoxy) is 2. The Hall–Kier alpha value is -2.75. The molecule has 0 saturated heterocycles. The second-order valence-corrected chi connectivity index (χ2v) is 5.82. The van der Waals surface area contributed by atoms with Gasteiger partial charge in [0.1, 0.15) is 11.4 Å². The second kappa shape index (κ2) is 8.03. The number of nitriles is 1. The number of nitrogens with one attached hydrogen (secondary N) is 1. The first-order chi connectivity index (χ1) is 10.7. The first-order valence-corrected chi connectivity index (χ1v) is 7.08. The minimum atomic E-state index is -1.00. The highest BCUT2D eigenvalue weighted by molar-refractivity contribution is 5.69. The SMILES string of the molecule is CC(C)(C)OC(=O)NC(CCC(=O)O)Oc1cccc(C#N)c1. The third-order valence-corrected chi connectivity index (χ3v) is 2.54. The first kappa shape index (κ1) is 18.3. The number of rotatable bonds is 6. The Kier molecular flexibility index (Phi) is 6.39. The highest BCUT2D eigenvalue weighted by atomic mass is 16.6. The van der Waals surface area contributed by atoms with Crippen LogP contribution < -0.4 is 10.1 Å². The summed E-state index contributed by atoms with van der Waals surface area (Å²) in [6, 6.07) is 8.34. The zero-order valence-electron chi connectivity index (χ0n) is 13.3. The average molecular weight is 320 g/mol. The molecule has 7 nitrogen and oxygen atoms in total. The van der Waals surface area contributed by atoms with Gasteiger partial charge in [0.25, 0.3) is 0 Å². The molecule has 0 heterocycles. The Bertz CT molecular complexity index is 601. The van der Waals surface area contributed by atoms with Crippen LogP contribution in [0.2, 0.25) is 0 Å². The van der Waals surface area contributed by atoms with Gasteiger partial charge in [-0.2, -0.15) is 5.26 Å². The molecule has 1 atom stereocenters. The molecule has 1 aromatic carbocycles. The van der Waals surface area contributed by atoms with Gasteiger partial charge in [-0.3, -0.25) is 10.1 Å². The predicted molar refractivity (Wildman–Crippen MR) is 81.8 cm³/mol. The van der Waals surface area contributed by atoms with E-state index < -0.39 is 23.9 Å². The monoisotopic (exact) mass is 320 g/mol. The van der Waals surface area contributed by atoms with Crippen molar-refractivity contribution in [1.29, 1.82) is 5.26 Å². The van der Waals surface area contributed by atoms with Crippen molar-refractivity contribution in [2.45, 2.75) is 45.4 Å². The topological polar surface area (TPSA) is 109 Å². The third-order valence-electron chi connectivity index (χ3n) is 2.54. The van der Waals surface area contributed by atoms with Crippen molar-refractivity contribution >= 4 is 12.1 Å². The van der Waals surface area contributed by atoms with Gasteiger partial charge in [0.05, 0.1) is 18.1 Å². The lowest BCUT2D eigenvalue weighted by molar-refractivity contribution is -0.137. The van der Waals surface area contributed by atoms with E-state index in [9.17, 15) is 9.59 Å². The Balaban J connectivity index is 2.77. The molecule has 1 rings (SSSR count). The summed E-state index contributed by atoms with van der Waals surface area (Å²) in [5.74, 6) is -0.647. The van der Waals surface area contributed by atoms with Gasteiger partial charge in [-0.25, -0.2) is 4.79 Å². The van der Waals surface area contributed by atoms with Crippen molar-refractivity contribution in [3.63, 3.8) is 0 Å². The average Bonchev–Trinajstić information content (AvgIpc) is 2.43. The summed E-state index contributed by atoms with van der Waals surface area (Å²) in [6.07, 6.45) is -1.71. The van der Waals surface area contributed by atoms with Crippen LogP contribution in [0.5, 0.6) is 5.75 Å². The van der Waals surface area contributed by atoms with Crippen LogP contribution in [0.25, 0.3) is 0 Å². The van der Waals surface area contributed by atoms with Gasteiger partial charge < -0.3 is 14.6 Å². The molecule has 1 aromatic rings. The van der Waals surface area contributed by atoms with Crippen LogP contribution in [0.15, 0.2) is 24.3 Å². The number of nitrogens with zero attached hydrogens (tertiary/aromatic N) is 1. The third kappa shape index (κ3) is 7.71. The van der Waals surface area contributed by atoms with E-state index in [2.05, 4.69) is 5.32 Å². The standard InChI is InChI=1S/C16H20N2O5/c1-16(2,3)23-15(21)18-13(7-8-14(19)20)22-12-6-4-5-11(9-12)10-17/h4-6,9,13H,7-8H2,1-3H3,(H,18,21)(H,19,20). The molecule has 0 aliphatic heterocycles. The number of carboxylic acids is 1. The maximum atomic E-state index is 11.8. The molecule has 0 spiro atoms. The van der Waals surface area contributed by atoms with E-state index in [1.54, 1.807) is 39.0 Å². The molecular formula is C16H20N2O5. The lowest BCUT2D eigenvalue weighted by Gasteiger charge is -2.24. The Morgan fingerprint density at radius 2 is 2.09 bits per heavy atom. The van der Waals surface area contributed by atoms with Gasteiger partial charge in [-0.1, -0.05) is 6.07 Å². The quantitative estimate of drug-likeness (QED) is 0.780. The molecule has 0 bridgehead atoms. The summed E-state index contributed by atoms with van der Waals surface area (Å²) >= 11 is 0. The molecule has 0 radical (unpaired) electrons. The van der Waals surface area contributed by atoms with E-state index in [0.29, 0.717) is 11.3 Å². The molecule has 124 valence electrons. The Labute approximate surface area is 134 Å². The van der Waals surface area contributed by atoms with Gasteiger partial charge in [-0.15, -0.1) is 0 Å². The van der Waals surface area contributed by atoms with E-state index >= 15 is 0 Å². The van der Waals surface area contributed by atoms with Crippen LogP contribution in [0.3, 0.4) is 0 Å². The van der Waals surface area contributed by atoms with Crippen LogP contribution in [0.4, 0.5) is 4.79 Å². The highest BCUT2D eigenvalue weighted by Crippen LogP contribution is 2.16. The number of hydrogen-bond donors (Lipinski definition) is 2. The van der Waals surface area contributed by atoms with Crippen LogP contribution in [0, 0.1) is 11.3 Å². The molecule has 0 aromatic heterocycles. The zero-order chi connectivity index (χ0) is 17.5. The number of carbonyl (C=O) groups excluding carboxylic acids is 1. The van der Waals surface area contributed by atoms with Crippen molar-refractivity contribution < 1.29 is 24.2 Å². The minimum absolute atomic E-state index is 0.0609. The fourth-order valence-electron chi connectivity index (χ4n) is 1.66. The van der Waals surface area contributed by atoms with Gasteiger partial charge >= 0.3 is 12.1 Å². The van der Waals surface area contributed by atoms with E-state index in [0.717, 1.165) is 0 Å². The molecule has 7 heteroatoms. The van der Waals surface area contributed by atoms with Crippen LogP contribution in [-0.2, 0) is 9.53 Å². The van der Waals surface area contributed by atoms with Crippen molar-refractivity contribution in [2.24, 2.45) is 0 Å². The second-order valence-electron chi connectivity index (χ2n) is 5.82. The molecule has 1 unspecified atom stereocenters. The summed E-state index contributed by atoms with van der Waals surface area (Å²) < 4.78 is 10.7. The summed E-state index contributed by atoms with van der Waals surface area (Å²) in [5, 5.41) is 20.1. The number of alkyl carbamates (subject to hydrolysis) is 1. The smallest absolute Gasteiger partial charge is 0.410 e. The Morgan fingerprint density at radius 3 is 2.65 bits per heavy atom. The van der Waals surface area contributed by atoms with Crippen LogP contribution >= 0.6 is 0 Å². The predicted octanol–water partition coefficient (Wildman–Crippen LogP) is 2.65. The molecule has 0 aliphatic carbocycles. The van der Waals surface area contributed by atoms with Crippen LogP contribution in [0.1, 0.15) is 39.2 Å². The maximum absolute atomic E-state index is 11.8. The van der Waals surface area contributed by atoms with Gasteiger partial charge in [0.2, 0.25) is 0 Å². The summed E-state index contributed by atoms with van der Waals surface area (Å²) in [5.41, 5.74) is -0.279. The minimum Gasteiger partial charge on any atom is -0.481 e. The lowest BCUT2D eigenvalue weighted by atomic mass is 10.2. The molecule has 1 amide bonds. The van der Waals surface area contributed by atoms with Gasteiger partial charge in [0, 0.05) is 6.42 Å². The fraction of sp³-hybridized carbons (Fsp3) is 0.438. The van der Waals surface area contributed by atoms with Gasteiger partial charge in [-0.05, 0) is 39.0 Å². The number of hydrogen-bond acceptors (Lipinski definition) is 5. The van der Waals surface area contributed by atoms with Crippen molar-refractivity contribution in [2.75, 3.05) is 0 Å². The molecule has 0 aliphatic rings. The number of carboxylic acid groups (broad SMARTS) is 1. The van der Waals surface area contributed by atoms with E-state index in [-0.39, 0.29) is 12.8 Å². The number of aliphatic carboxylic acids is 1. The molecule has 0 saturated carbocycles. The summed E-state index contributed by atoms with van der Waals surface area (Å²) in [7, 11) is 0. The zero-order valence-corrected chi connectivity index (χ0v) is 13.3. The lowest BCUT2D eigenvalue weighted by Crippen LogP contribution is -2.42. The first-order valence-electron chi connectivity index (χ1n) is 7.08. The molecular weight excluding hydrogens is 300 g/mol. The van der Waals surface area contributed by atoms with E-state index in [4.69, 9.17) is 19.8 Å². The summed E-state index contributed by atoms with van der Waals surface area (Å²) in [4.78, 5) is 22.5. The fourth-order valence-corrected chi connectivity index (χ4v) is 1.66. The highest BCUT2D eigenvalue weighted by Gasteiger charge is 2.21. The number of amides is 1. The Morgan fingerprint density at radius 1 is 1.39 bits per heavy atom. The van der Waals surface area contributed by atoms with Crippen molar-refractivity contribution in [3.8, 4) is 11.8 Å². The largest absolute Gasteiger partial charge is 0.481 e. The molecule has 23 heavy (non-hydrogen) atoms.